The van der Waals surface area contributed by atoms with E-state index in [9.17, 15) is 0 Å². The summed E-state index contributed by atoms with van der Waals surface area (Å²) in [7, 11) is 2.20. The summed E-state index contributed by atoms with van der Waals surface area (Å²) in [4.78, 5) is 6.45. The molecule has 16 heavy (non-hydrogen) atoms. The van der Waals surface area contributed by atoms with Crippen molar-refractivity contribution >= 4 is 0 Å². The van der Waals surface area contributed by atoms with Crippen LogP contribution in [0, 0.1) is 0 Å². The molecule has 1 fully saturated rings. The van der Waals surface area contributed by atoms with Crippen LogP contribution in [0.3, 0.4) is 0 Å². The average Bonchev–Trinajstić information content (AvgIpc) is 2.30. The topological polar surface area (TPSA) is 28.2 Å². The highest BCUT2D eigenvalue weighted by Gasteiger charge is 2.18. The third-order valence-corrected chi connectivity index (χ3v) is 3.32. The average molecular weight is 219 g/mol. The van der Waals surface area contributed by atoms with Crippen molar-refractivity contribution in [1.82, 2.24) is 15.2 Å². The van der Waals surface area contributed by atoms with Crippen LogP contribution in [0.5, 0.6) is 0 Å². The van der Waals surface area contributed by atoms with E-state index in [2.05, 4.69) is 41.3 Å². The van der Waals surface area contributed by atoms with Gasteiger partial charge in [-0.3, -0.25) is 4.98 Å². The van der Waals surface area contributed by atoms with Crippen molar-refractivity contribution in [2.75, 3.05) is 20.1 Å². The molecule has 2 rings (SSSR count). The fraction of sp³-hybridized carbons (Fsp3) is 0.615. The third-order valence-electron chi connectivity index (χ3n) is 3.32. The Labute approximate surface area is 97.9 Å². The van der Waals surface area contributed by atoms with Crippen LogP contribution < -0.4 is 5.32 Å². The minimum absolute atomic E-state index is 0.416. The van der Waals surface area contributed by atoms with Crippen LogP contribution in [0.1, 0.15) is 31.4 Å². The van der Waals surface area contributed by atoms with Crippen molar-refractivity contribution in [1.29, 1.82) is 0 Å². The Hall–Kier alpha value is -0.930. The van der Waals surface area contributed by atoms with E-state index in [0.29, 0.717) is 12.1 Å². The number of piperidine rings is 1. The molecule has 0 aromatic carbocycles. The molecule has 1 N–H and O–H groups in total. The molecule has 0 radical (unpaired) electrons. The minimum atomic E-state index is 0.416. The van der Waals surface area contributed by atoms with E-state index in [1.807, 2.05) is 12.4 Å². The van der Waals surface area contributed by atoms with Crippen molar-refractivity contribution < 1.29 is 0 Å². The summed E-state index contributed by atoms with van der Waals surface area (Å²) in [5.74, 6) is 0. The molecule has 0 saturated carbocycles. The summed E-state index contributed by atoms with van der Waals surface area (Å²) in [6.45, 7) is 4.63. The van der Waals surface area contributed by atoms with E-state index in [-0.39, 0.29) is 0 Å². The van der Waals surface area contributed by atoms with Gasteiger partial charge in [-0.1, -0.05) is 0 Å². The second-order valence-electron chi connectivity index (χ2n) is 4.77. The first-order valence-corrected chi connectivity index (χ1v) is 6.10. The summed E-state index contributed by atoms with van der Waals surface area (Å²) >= 11 is 0. The monoisotopic (exact) mass is 219 g/mol. The molecule has 2 heterocycles. The zero-order chi connectivity index (χ0) is 11.4. The maximum absolute atomic E-state index is 4.05. The number of hydrogen-bond donors (Lipinski definition) is 1. The smallest absolute Gasteiger partial charge is 0.0296 e. The molecule has 1 aromatic heterocycles. The summed E-state index contributed by atoms with van der Waals surface area (Å²) in [5.41, 5.74) is 1.32. The van der Waals surface area contributed by atoms with E-state index >= 15 is 0 Å². The maximum atomic E-state index is 4.05. The number of nitrogens with one attached hydrogen (secondary N) is 1. The van der Waals surface area contributed by atoms with Crippen LogP contribution in [0.25, 0.3) is 0 Å². The summed E-state index contributed by atoms with van der Waals surface area (Å²) in [5, 5.41) is 3.70. The van der Waals surface area contributed by atoms with E-state index in [4.69, 9.17) is 0 Å². The molecule has 2 atom stereocenters. The maximum Gasteiger partial charge on any atom is 0.0296 e. The van der Waals surface area contributed by atoms with Crippen molar-refractivity contribution in [2.24, 2.45) is 0 Å². The molecule has 1 saturated heterocycles. The Morgan fingerprint density at radius 3 is 2.88 bits per heavy atom. The number of aromatic nitrogens is 1. The molecule has 0 amide bonds. The van der Waals surface area contributed by atoms with Gasteiger partial charge in [0, 0.05) is 31.0 Å². The Bertz CT molecular complexity index is 312. The molecule has 1 aliphatic rings. The van der Waals surface area contributed by atoms with Gasteiger partial charge in [0.1, 0.15) is 0 Å². The predicted octanol–water partition coefficient (Wildman–Crippen LogP) is 1.83. The fourth-order valence-corrected chi connectivity index (χ4v) is 2.40. The van der Waals surface area contributed by atoms with Gasteiger partial charge in [0.05, 0.1) is 0 Å². The zero-order valence-electron chi connectivity index (χ0n) is 10.2. The van der Waals surface area contributed by atoms with Crippen LogP contribution >= 0.6 is 0 Å². The van der Waals surface area contributed by atoms with Gasteiger partial charge in [0.25, 0.3) is 0 Å². The van der Waals surface area contributed by atoms with Gasteiger partial charge in [-0.15, -0.1) is 0 Å². The highest BCUT2D eigenvalue weighted by molar-refractivity contribution is 5.14. The van der Waals surface area contributed by atoms with Crippen LogP contribution in [-0.2, 0) is 0 Å². The quantitative estimate of drug-likeness (QED) is 0.840. The number of hydrogen-bond acceptors (Lipinski definition) is 3. The van der Waals surface area contributed by atoms with E-state index in [1.165, 1.54) is 24.9 Å². The van der Waals surface area contributed by atoms with Gasteiger partial charge in [0.15, 0.2) is 0 Å². The number of pyridine rings is 1. The fourth-order valence-electron chi connectivity index (χ4n) is 2.40. The van der Waals surface area contributed by atoms with Crippen molar-refractivity contribution in [3.05, 3.63) is 30.1 Å². The second-order valence-corrected chi connectivity index (χ2v) is 4.77. The SMILES string of the molecule is C[C@H](NC1CCCN(C)C1)c1ccncc1. The predicted molar refractivity (Wildman–Crippen MR) is 66.3 cm³/mol. The number of nitrogens with zero attached hydrogens (tertiary/aromatic N) is 2. The van der Waals surface area contributed by atoms with Crippen molar-refractivity contribution in [2.45, 2.75) is 31.8 Å². The molecule has 0 spiro atoms. The van der Waals surface area contributed by atoms with Gasteiger partial charge in [-0.05, 0) is 51.1 Å². The van der Waals surface area contributed by atoms with E-state index in [0.717, 1.165) is 6.54 Å². The largest absolute Gasteiger partial charge is 0.306 e. The first kappa shape index (κ1) is 11.6. The van der Waals surface area contributed by atoms with Gasteiger partial charge in [-0.25, -0.2) is 0 Å². The summed E-state index contributed by atoms with van der Waals surface area (Å²) in [6.07, 6.45) is 6.32. The zero-order valence-corrected chi connectivity index (χ0v) is 10.2. The van der Waals surface area contributed by atoms with Gasteiger partial charge >= 0.3 is 0 Å². The Kier molecular flexibility index (Phi) is 3.91. The third kappa shape index (κ3) is 3.03. The highest BCUT2D eigenvalue weighted by atomic mass is 15.1. The lowest BCUT2D eigenvalue weighted by Gasteiger charge is -2.32. The lowest BCUT2D eigenvalue weighted by Crippen LogP contribution is -2.44. The van der Waals surface area contributed by atoms with Crippen LogP contribution in [0.2, 0.25) is 0 Å². The van der Waals surface area contributed by atoms with E-state index in [1.54, 1.807) is 0 Å². The first-order chi connectivity index (χ1) is 7.75. The first-order valence-electron chi connectivity index (χ1n) is 6.10. The normalized spacial score (nSPS) is 24.2. The van der Waals surface area contributed by atoms with Gasteiger partial charge in [0.2, 0.25) is 0 Å². The molecular weight excluding hydrogens is 198 g/mol. The Morgan fingerprint density at radius 2 is 2.19 bits per heavy atom. The van der Waals surface area contributed by atoms with E-state index < -0.39 is 0 Å². The lowest BCUT2D eigenvalue weighted by molar-refractivity contribution is 0.218. The van der Waals surface area contributed by atoms with Crippen molar-refractivity contribution in [3.8, 4) is 0 Å². The molecule has 88 valence electrons. The van der Waals surface area contributed by atoms with Gasteiger partial charge in [-0.2, -0.15) is 0 Å². The lowest BCUT2D eigenvalue weighted by atomic mass is 10.0. The molecule has 3 heteroatoms. The minimum Gasteiger partial charge on any atom is -0.306 e. The summed E-state index contributed by atoms with van der Waals surface area (Å²) < 4.78 is 0. The molecule has 0 bridgehead atoms. The van der Waals surface area contributed by atoms with Crippen LogP contribution in [0.4, 0.5) is 0 Å². The van der Waals surface area contributed by atoms with Gasteiger partial charge < -0.3 is 10.2 Å². The molecule has 1 aliphatic heterocycles. The number of likely N-dealkylation sites (N-methyl/N-ethyl adjacent to an activating group) is 1. The standard InChI is InChI=1S/C13H21N3/c1-11(12-5-7-14-8-6-12)15-13-4-3-9-16(2)10-13/h5-8,11,13,15H,3-4,9-10H2,1-2H3/t11-,13?/m0/s1. The Morgan fingerprint density at radius 1 is 1.44 bits per heavy atom. The molecule has 1 aromatic rings. The number of likely N-dealkylation sites (tertiary alicyclic amines) is 1. The van der Waals surface area contributed by atoms with Crippen molar-refractivity contribution in [3.63, 3.8) is 0 Å². The van der Waals surface area contributed by atoms with Crippen LogP contribution in [-0.4, -0.2) is 36.1 Å². The van der Waals surface area contributed by atoms with Crippen LogP contribution in [0.15, 0.2) is 24.5 Å². The second kappa shape index (κ2) is 5.41. The Balaban J connectivity index is 1.89. The molecule has 3 nitrogen and oxygen atoms in total. The number of rotatable bonds is 3. The molecule has 1 unspecified atom stereocenters. The highest BCUT2D eigenvalue weighted by Crippen LogP contribution is 2.15. The summed E-state index contributed by atoms with van der Waals surface area (Å²) in [6, 6.07) is 5.22. The molecule has 0 aliphatic carbocycles. The molecular formula is C13H21N3.